The van der Waals surface area contributed by atoms with Crippen LogP contribution in [0.3, 0.4) is 0 Å². The molecule has 1 N–H and O–H groups in total. The maximum atomic E-state index is 11.9. The van der Waals surface area contributed by atoms with Gasteiger partial charge in [0.1, 0.15) is 6.04 Å². The minimum absolute atomic E-state index is 0.0284. The highest BCUT2D eigenvalue weighted by molar-refractivity contribution is 5.86. The van der Waals surface area contributed by atoms with E-state index in [1.54, 1.807) is 7.05 Å². The first kappa shape index (κ1) is 13.5. The fraction of sp³-hybridized carbons (Fsp3) is 0.429. The number of hydrogen-bond donors (Lipinski definition) is 1. The summed E-state index contributed by atoms with van der Waals surface area (Å²) in [5, 5.41) is 9.18. The molecule has 0 aromatic heterocycles. The normalized spacial score (nSPS) is 22.3. The van der Waals surface area contributed by atoms with Crippen molar-refractivity contribution < 1.29 is 14.7 Å². The van der Waals surface area contributed by atoms with Crippen LogP contribution in [0.2, 0.25) is 0 Å². The fourth-order valence-corrected chi connectivity index (χ4v) is 2.35. The lowest BCUT2D eigenvalue weighted by molar-refractivity contribution is -0.155. The lowest BCUT2D eigenvalue weighted by atomic mass is 10.0. The molecule has 1 aliphatic rings. The molecule has 1 aliphatic heterocycles. The predicted molar refractivity (Wildman–Crippen MR) is 70.6 cm³/mol. The molecule has 0 saturated carbocycles. The van der Waals surface area contributed by atoms with E-state index in [2.05, 4.69) is 0 Å². The minimum Gasteiger partial charge on any atom is -0.480 e. The van der Waals surface area contributed by atoms with E-state index in [9.17, 15) is 14.7 Å². The monoisotopic (exact) mass is 262 g/mol. The summed E-state index contributed by atoms with van der Waals surface area (Å²) in [4.78, 5) is 26.3. The molecule has 2 unspecified atom stereocenters. The van der Waals surface area contributed by atoms with Gasteiger partial charge in [0.25, 0.3) is 0 Å². The van der Waals surface area contributed by atoms with Crippen molar-refractivity contribution in [3.63, 3.8) is 0 Å². The zero-order chi connectivity index (χ0) is 14.0. The highest BCUT2D eigenvalue weighted by atomic mass is 16.4. The molecule has 2 atom stereocenters. The second kappa shape index (κ2) is 5.40. The van der Waals surface area contributed by atoms with Crippen LogP contribution in [-0.2, 0) is 9.59 Å². The number of benzene rings is 1. The number of amides is 1. The maximum Gasteiger partial charge on any atom is 0.327 e. The van der Waals surface area contributed by atoms with Crippen molar-refractivity contribution in [2.45, 2.75) is 19.0 Å². The molecular formula is C14H18N2O3. The van der Waals surface area contributed by atoms with Crippen LogP contribution in [0.5, 0.6) is 0 Å². The van der Waals surface area contributed by atoms with Crippen LogP contribution >= 0.6 is 0 Å². The summed E-state index contributed by atoms with van der Waals surface area (Å²) in [6.45, 7) is 2.61. The number of piperazine rings is 1. The number of nitrogens with zero attached hydrogens (tertiary/aromatic N) is 2. The third kappa shape index (κ3) is 2.76. The summed E-state index contributed by atoms with van der Waals surface area (Å²) < 4.78 is 0. The Kier molecular flexibility index (Phi) is 3.85. The van der Waals surface area contributed by atoms with Crippen LogP contribution in [0.1, 0.15) is 18.5 Å². The van der Waals surface area contributed by atoms with Gasteiger partial charge in [-0.15, -0.1) is 0 Å². The lowest BCUT2D eigenvalue weighted by Gasteiger charge is -2.39. The van der Waals surface area contributed by atoms with E-state index in [0.29, 0.717) is 6.54 Å². The molecule has 19 heavy (non-hydrogen) atoms. The Hall–Kier alpha value is -1.88. The van der Waals surface area contributed by atoms with Gasteiger partial charge in [0, 0.05) is 19.6 Å². The van der Waals surface area contributed by atoms with E-state index in [0.717, 1.165) is 5.56 Å². The van der Waals surface area contributed by atoms with Crippen LogP contribution in [0, 0.1) is 0 Å². The Morgan fingerprint density at radius 2 is 2.00 bits per heavy atom. The van der Waals surface area contributed by atoms with Crippen LogP contribution in [0.25, 0.3) is 0 Å². The first-order valence-corrected chi connectivity index (χ1v) is 6.28. The Morgan fingerprint density at radius 1 is 1.37 bits per heavy atom. The first-order valence-electron chi connectivity index (χ1n) is 6.28. The Morgan fingerprint density at radius 3 is 2.58 bits per heavy atom. The molecule has 1 fully saturated rings. The molecule has 5 nitrogen and oxygen atoms in total. The largest absolute Gasteiger partial charge is 0.480 e. The van der Waals surface area contributed by atoms with Gasteiger partial charge in [-0.25, -0.2) is 4.79 Å². The van der Waals surface area contributed by atoms with E-state index < -0.39 is 12.0 Å². The number of carbonyl (C=O) groups is 2. The average molecular weight is 262 g/mol. The molecule has 1 amide bonds. The van der Waals surface area contributed by atoms with Crippen LogP contribution in [0.4, 0.5) is 0 Å². The van der Waals surface area contributed by atoms with Gasteiger partial charge in [-0.3, -0.25) is 9.69 Å². The van der Waals surface area contributed by atoms with Gasteiger partial charge in [-0.2, -0.15) is 0 Å². The van der Waals surface area contributed by atoms with Gasteiger partial charge in [-0.05, 0) is 12.5 Å². The summed E-state index contributed by atoms with van der Waals surface area (Å²) in [7, 11) is 1.55. The third-order valence-electron chi connectivity index (χ3n) is 3.72. The Bertz CT molecular complexity index is 475. The molecule has 102 valence electrons. The molecule has 0 radical (unpaired) electrons. The van der Waals surface area contributed by atoms with E-state index >= 15 is 0 Å². The SMILES string of the molecule is CC(c1ccccc1)N1CC(=O)N(C)C(C(=O)O)C1. The molecule has 1 aromatic carbocycles. The summed E-state index contributed by atoms with van der Waals surface area (Å²) in [6, 6.07) is 9.06. The van der Waals surface area contributed by atoms with Gasteiger partial charge >= 0.3 is 5.97 Å². The molecule has 1 heterocycles. The number of carboxylic acid groups (broad SMARTS) is 1. The quantitative estimate of drug-likeness (QED) is 0.882. The first-order chi connectivity index (χ1) is 9.00. The topological polar surface area (TPSA) is 60.9 Å². The Balaban J connectivity index is 2.17. The van der Waals surface area contributed by atoms with Gasteiger partial charge < -0.3 is 10.0 Å². The van der Waals surface area contributed by atoms with Crippen molar-refractivity contribution in [3.05, 3.63) is 35.9 Å². The predicted octanol–water partition coefficient (Wildman–Crippen LogP) is 0.975. The fourth-order valence-electron chi connectivity index (χ4n) is 2.35. The summed E-state index contributed by atoms with van der Waals surface area (Å²) in [5.74, 6) is -1.11. The van der Waals surface area contributed by atoms with Gasteiger partial charge in [-0.1, -0.05) is 30.3 Å². The number of likely N-dealkylation sites (N-methyl/N-ethyl adjacent to an activating group) is 1. The van der Waals surface area contributed by atoms with E-state index in [4.69, 9.17) is 0 Å². The zero-order valence-electron chi connectivity index (χ0n) is 11.1. The smallest absolute Gasteiger partial charge is 0.327 e. The molecule has 2 rings (SSSR count). The van der Waals surface area contributed by atoms with Gasteiger partial charge in [0.2, 0.25) is 5.91 Å². The van der Waals surface area contributed by atoms with E-state index in [1.165, 1.54) is 4.90 Å². The third-order valence-corrected chi connectivity index (χ3v) is 3.72. The summed E-state index contributed by atoms with van der Waals surface area (Å²) >= 11 is 0. The second-order valence-electron chi connectivity index (χ2n) is 4.87. The van der Waals surface area contributed by atoms with Crippen molar-refractivity contribution in [2.24, 2.45) is 0 Å². The number of aliphatic carboxylic acids is 1. The number of carbonyl (C=O) groups excluding carboxylic acids is 1. The molecule has 1 saturated heterocycles. The maximum absolute atomic E-state index is 11.9. The highest BCUT2D eigenvalue weighted by Crippen LogP contribution is 2.23. The van der Waals surface area contributed by atoms with Crippen LogP contribution in [0.15, 0.2) is 30.3 Å². The lowest BCUT2D eigenvalue weighted by Crippen LogP contribution is -2.58. The van der Waals surface area contributed by atoms with Gasteiger partial charge in [0.15, 0.2) is 0 Å². The van der Waals surface area contributed by atoms with Crippen molar-refractivity contribution in [1.29, 1.82) is 0 Å². The summed E-state index contributed by atoms with van der Waals surface area (Å²) in [5.41, 5.74) is 1.09. The molecular weight excluding hydrogens is 244 g/mol. The van der Waals surface area contributed by atoms with Crippen molar-refractivity contribution >= 4 is 11.9 Å². The van der Waals surface area contributed by atoms with E-state index in [-0.39, 0.29) is 18.5 Å². The molecule has 0 aliphatic carbocycles. The van der Waals surface area contributed by atoms with Crippen molar-refractivity contribution in [2.75, 3.05) is 20.1 Å². The molecule has 5 heteroatoms. The number of rotatable bonds is 3. The zero-order valence-corrected chi connectivity index (χ0v) is 11.1. The average Bonchev–Trinajstić information content (AvgIpc) is 2.41. The standard InChI is InChI=1S/C14H18N2O3/c1-10(11-6-4-3-5-7-11)16-8-12(14(18)19)15(2)13(17)9-16/h3-7,10,12H,8-9H2,1-2H3,(H,18,19). The number of carboxylic acids is 1. The second-order valence-corrected chi connectivity index (χ2v) is 4.87. The van der Waals surface area contributed by atoms with E-state index in [1.807, 2.05) is 42.2 Å². The molecule has 0 bridgehead atoms. The van der Waals surface area contributed by atoms with Crippen LogP contribution < -0.4 is 0 Å². The minimum atomic E-state index is -0.958. The summed E-state index contributed by atoms with van der Waals surface area (Å²) in [6.07, 6.45) is 0. The van der Waals surface area contributed by atoms with Gasteiger partial charge in [0.05, 0.1) is 6.54 Å². The molecule has 1 aromatic rings. The molecule has 0 spiro atoms. The Labute approximate surface area is 112 Å². The number of hydrogen-bond acceptors (Lipinski definition) is 3. The van der Waals surface area contributed by atoms with Crippen LogP contribution in [-0.4, -0.2) is 53.0 Å². The van der Waals surface area contributed by atoms with Crippen molar-refractivity contribution in [1.82, 2.24) is 9.80 Å². The van der Waals surface area contributed by atoms with Crippen molar-refractivity contribution in [3.8, 4) is 0 Å². The highest BCUT2D eigenvalue weighted by Gasteiger charge is 2.36.